The highest BCUT2D eigenvalue weighted by atomic mass is 16.5. The van der Waals surface area contributed by atoms with Gasteiger partial charge in [-0.3, -0.25) is 0 Å². The van der Waals surface area contributed by atoms with Crippen molar-refractivity contribution in [1.29, 1.82) is 0 Å². The summed E-state index contributed by atoms with van der Waals surface area (Å²) in [5.41, 5.74) is 0. The molecular formula is C10H22O4. The third-order valence-corrected chi connectivity index (χ3v) is 2.73. The molecule has 4 heteroatoms. The zero-order valence-electron chi connectivity index (χ0n) is 9.09. The van der Waals surface area contributed by atoms with E-state index < -0.39 is 12.4 Å². The first kappa shape index (κ1) is 13.8. The van der Waals surface area contributed by atoms with E-state index >= 15 is 0 Å². The van der Waals surface area contributed by atoms with E-state index in [1.165, 1.54) is 0 Å². The van der Waals surface area contributed by atoms with E-state index in [1.54, 1.807) is 6.92 Å². The van der Waals surface area contributed by atoms with E-state index in [9.17, 15) is 5.11 Å². The van der Waals surface area contributed by atoms with Crippen LogP contribution in [-0.4, -0.2) is 39.4 Å². The topological polar surface area (TPSA) is 80.9 Å². The van der Waals surface area contributed by atoms with Gasteiger partial charge in [0.2, 0.25) is 0 Å². The summed E-state index contributed by atoms with van der Waals surface area (Å²) in [4.78, 5) is 0. The Labute approximate surface area is 85.2 Å². The fourth-order valence-corrected chi connectivity index (χ4v) is 1.51. The van der Waals surface area contributed by atoms with Crippen molar-refractivity contribution in [2.24, 2.45) is 17.8 Å². The average Bonchev–Trinajstić information content (AvgIpc) is 2.03. The predicted molar refractivity (Wildman–Crippen MR) is 53.4 cm³/mol. The van der Waals surface area contributed by atoms with Crippen molar-refractivity contribution in [2.45, 2.75) is 39.6 Å². The van der Waals surface area contributed by atoms with Gasteiger partial charge in [-0.15, -0.1) is 0 Å². The Morgan fingerprint density at radius 2 is 1.50 bits per heavy atom. The van der Waals surface area contributed by atoms with Crippen LogP contribution in [0.15, 0.2) is 0 Å². The first-order valence-electron chi connectivity index (χ1n) is 5.05. The number of hydrogen-bond acceptors (Lipinski definition) is 4. The van der Waals surface area contributed by atoms with Crippen LogP contribution in [0, 0.1) is 17.8 Å². The van der Waals surface area contributed by atoms with Crippen molar-refractivity contribution < 1.29 is 20.4 Å². The van der Waals surface area contributed by atoms with Crippen molar-refractivity contribution in [1.82, 2.24) is 0 Å². The second-order valence-electron chi connectivity index (χ2n) is 4.24. The Morgan fingerprint density at radius 1 is 1.00 bits per heavy atom. The van der Waals surface area contributed by atoms with Gasteiger partial charge in [0.1, 0.15) is 0 Å². The summed E-state index contributed by atoms with van der Waals surface area (Å²) < 4.78 is 0. The minimum Gasteiger partial charge on any atom is -0.396 e. The van der Waals surface area contributed by atoms with Crippen LogP contribution in [0.3, 0.4) is 0 Å². The summed E-state index contributed by atoms with van der Waals surface area (Å²) in [6.45, 7) is 5.25. The van der Waals surface area contributed by atoms with Crippen LogP contribution in [-0.2, 0) is 0 Å². The Morgan fingerprint density at radius 3 is 1.71 bits per heavy atom. The number of hydrogen-bond donors (Lipinski definition) is 4. The third-order valence-electron chi connectivity index (χ3n) is 2.73. The molecule has 3 unspecified atom stereocenters. The summed E-state index contributed by atoms with van der Waals surface area (Å²) in [5.74, 6) is -0.478. The van der Waals surface area contributed by atoms with E-state index in [0.29, 0.717) is 6.42 Å². The SMILES string of the molecule is CC(C)C(CC(CO)C(C)O)C(O)O. The molecule has 0 amide bonds. The minimum absolute atomic E-state index is 0.114. The van der Waals surface area contributed by atoms with Gasteiger partial charge < -0.3 is 20.4 Å². The summed E-state index contributed by atoms with van der Waals surface area (Å²) in [6, 6.07) is 0. The molecule has 0 aromatic heterocycles. The molecule has 86 valence electrons. The molecule has 0 bridgehead atoms. The van der Waals surface area contributed by atoms with E-state index in [-0.39, 0.29) is 24.4 Å². The second-order valence-corrected chi connectivity index (χ2v) is 4.24. The molecule has 0 heterocycles. The highest BCUT2D eigenvalue weighted by molar-refractivity contribution is 4.73. The average molecular weight is 206 g/mol. The standard InChI is InChI=1S/C10H22O4/c1-6(2)9(10(13)14)4-8(5-11)7(3)12/h6-14H,4-5H2,1-3H3. The zero-order chi connectivity index (χ0) is 11.3. The summed E-state index contributed by atoms with van der Waals surface area (Å²) >= 11 is 0. The number of aliphatic hydroxyl groups excluding tert-OH is 3. The predicted octanol–water partition coefficient (Wildman–Crippen LogP) is -0.0513. The second kappa shape index (κ2) is 6.35. The lowest BCUT2D eigenvalue weighted by Crippen LogP contribution is -2.31. The lowest BCUT2D eigenvalue weighted by molar-refractivity contribution is -0.108. The molecule has 0 spiro atoms. The molecule has 0 rings (SSSR count). The van der Waals surface area contributed by atoms with E-state index in [0.717, 1.165) is 0 Å². The van der Waals surface area contributed by atoms with E-state index in [4.69, 9.17) is 15.3 Å². The molecule has 4 nitrogen and oxygen atoms in total. The first-order valence-corrected chi connectivity index (χ1v) is 5.05. The van der Waals surface area contributed by atoms with Crippen LogP contribution in [0.4, 0.5) is 0 Å². The summed E-state index contributed by atoms with van der Waals surface area (Å²) in [7, 11) is 0. The maximum atomic E-state index is 9.30. The molecule has 0 aliphatic rings. The van der Waals surface area contributed by atoms with Gasteiger partial charge in [-0.25, -0.2) is 0 Å². The van der Waals surface area contributed by atoms with Gasteiger partial charge in [0, 0.05) is 18.4 Å². The van der Waals surface area contributed by atoms with Gasteiger partial charge in [-0.1, -0.05) is 13.8 Å². The Balaban J connectivity index is 4.26. The van der Waals surface area contributed by atoms with E-state index in [1.807, 2.05) is 13.8 Å². The van der Waals surface area contributed by atoms with Gasteiger partial charge in [0.25, 0.3) is 0 Å². The molecule has 0 radical (unpaired) electrons. The Kier molecular flexibility index (Phi) is 6.27. The van der Waals surface area contributed by atoms with E-state index in [2.05, 4.69) is 0 Å². The van der Waals surface area contributed by atoms with Gasteiger partial charge in [0.15, 0.2) is 6.29 Å². The fraction of sp³-hybridized carbons (Fsp3) is 1.00. The quantitative estimate of drug-likeness (QED) is 0.459. The molecule has 3 atom stereocenters. The van der Waals surface area contributed by atoms with Crippen molar-refractivity contribution in [3.63, 3.8) is 0 Å². The summed E-state index contributed by atoms with van der Waals surface area (Å²) in [5, 5.41) is 36.5. The highest BCUT2D eigenvalue weighted by Crippen LogP contribution is 2.24. The zero-order valence-corrected chi connectivity index (χ0v) is 9.09. The number of aliphatic hydroxyl groups is 4. The Hall–Kier alpha value is -0.160. The molecular weight excluding hydrogens is 184 g/mol. The first-order chi connectivity index (χ1) is 6.40. The van der Waals surface area contributed by atoms with Crippen LogP contribution in [0.5, 0.6) is 0 Å². The molecule has 0 aliphatic heterocycles. The van der Waals surface area contributed by atoms with Gasteiger partial charge in [-0.2, -0.15) is 0 Å². The normalized spacial score (nSPS) is 18.6. The van der Waals surface area contributed by atoms with Crippen LogP contribution in [0.25, 0.3) is 0 Å². The molecule has 14 heavy (non-hydrogen) atoms. The molecule has 0 aromatic carbocycles. The van der Waals surface area contributed by atoms with Crippen molar-refractivity contribution in [3.05, 3.63) is 0 Å². The molecule has 4 N–H and O–H groups in total. The number of rotatable bonds is 6. The molecule has 0 aromatic rings. The molecule has 0 saturated carbocycles. The highest BCUT2D eigenvalue weighted by Gasteiger charge is 2.26. The van der Waals surface area contributed by atoms with Gasteiger partial charge in [0.05, 0.1) is 6.10 Å². The van der Waals surface area contributed by atoms with Crippen LogP contribution < -0.4 is 0 Å². The maximum absolute atomic E-state index is 9.30. The van der Waals surface area contributed by atoms with Crippen molar-refractivity contribution >= 4 is 0 Å². The summed E-state index contributed by atoms with van der Waals surface area (Å²) in [6.07, 6.45) is -1.59. The van der Waals surface area contributed by atoms with Crippen molar-refractivity contribution in [3.8, 4) is 0 Å². The minimum atomic E-state index is -1.39. The van der Waals surface area contributed by atoms with Crippen molar-refractivity contribution in [2.75, 3.05) is 6.61 Å². The lowest BCUT2D eigenvalue weighted by atomic mass is 9.84. The van der Waals surface area contributed by atoms with Crippen LogP contribution in [0.1, 0.15) is 27.2 Å². The largest absolute Gasteiger partial charge is 0.396 e. The molecule has 0 fully saturated rings. The fourth-order valence-electron chi connectivity index (χ4n) is 1.51. The van der Waals surface area contributed by atoms with Crippen LogP contribution in [0.2, 0.25) is 0 Å². The van der Waals surface area contributed by atoms with Gasteiger partial charge in [-0.05, 0) is 19.3 Å². The third kappa shape index (κ3) is 4.37. The molecule has 0 aliphatic carbocycles. The lowest BCUT2D eigenvalue weighted by Gasteiger charge is -2.27. The Bertz CT molecular complexity index is 137. The maximum Gasteiger partial charge on any atom is 0.154 e. The molecule has 0 saturated heterocycles. The van der Waals surface area contributed by atoms with Crippen LogP contribution >= 0.6 is 0 Å². The smallest absolute Gasteiger partial charge is 0.154 e. The monoisotopic (exact) mass is 206 g/mol. The van der Waals surface area contributed by atoms with Gasteiger partial charge >= 0.3 is 0 Å².